The average molecular weight is 377 g/mol. The molecule has 140 valence electrons. The van der Waals surface area contributed by atoms with Crippen molar-refractivity contribution in [1.82, 2.24) is 20.2 Å². The van der Waals surface area contributed by atoms with Gasteiger partial charge in [-0.1, -0.05) is 24.3 Å². The Morgan fingerprint density at radius 2 is 1.93 bits per heavy atom. The maximum absolute atomic E-state index is 13.7. The molecule has 7 heteroatoms. The normalized spacial score (nSPS) is 13.1. The zero-order chi connectivity index (χ0) is 19.1. The molecule has 4 aromatic rings. The minimum atomic E-state index is -0.581. The number of aromatic amines is 1. The van der Waals surface area contributed by atoms with Crippen LogP contribution in [0, 0.1) is 5.82 Å². The van der Waals surface area contributed by atoms with E-state index in [0.29, 0.717) is 34.0 Å². The van der Waals surface area contributed by atoms with Crippen molar-refractivity contribution in [1.29, 1.82) is 0 Å². The zero-order valence-electron chi connectivity index (χ0n) is 15.0. The Labute approximate surface area is 159 Å². The summed E-state index contributed by atoms with van der Waals surface area (Å²) >= 11 is 0. The van der Waals surface area contributed by atoms with Crippen LogP contribution in [-0.4, -0.2) is 20.2 Å². The van der Waals surface area contributed by atoms with Gasteiger partial charge in [-0.05, 0) is 43.0 Å². The molecule has 0 radical (unpaired) electrons. The fourth-order valence-electron chi connectivity index (χ4n) is 3.70. The Bertz CT molecular complexity index is 1180. The standard InChI is InChI=1S/C21H17F2N5/c22-11-12-4-1-2-5-14(12)19-24-17-7-3-6-15(17)20(25-19)26-21-16-10-13(23)8-9-18(16)27-28-21/h1-2,4-5,8-10H,3,6-7,11H2,(H2,24,25,26,27,28). The lowest BCUT2D eigenvalue weighted by Gasteiger charge is -2.12. The van der Waals surface area contributed by atoms with Gasteiger partial charge in [0.15, 0.2) is 11.6 Å². The Hall–Kier alpha value is -3.35. The van der Waals surface area contributed by atoms with Crippen molar-refractivity contribution >= 4 is 22.5 Å². The Kier molecular flexibility index (Phi) is 4.00. The molecule has 0 saturated carbocycles. The molecule has 0 aliphatic heterocycles. The largest absolute Gasteiger partial charge is 0.323 e. The van der Waals surface area contributed by atoms with Crippen LogP contribution in [0.25, 0.3) is 22.3 Å². The van der Waals surface area contributed by atoms with Gasteiger partial charge in [0.25, 0.3) is 0 Å². The summed E-state index contributed by atoms with van der Waals surface area (Å²) in [4.78, 5) is 9.38. The van der Waals surface area contributed by atoms with Crippen LogP contribution in [0.1, 0.15) is 23.2 Å². The van der Waals surface area contributed by atoms with Crippen LogP contribution in [-0.2, 0) is 19.5 Å². The summed E-state index contributed by atoms with van der Waals surface area (Å²) in [6.07, 6.45) is 2.70. The number of fused-ring (bicyclic) bond motifs is 2. The maximum atomic E-state index is 13.7. The highest BCUT2D eigenvalue weighted by molar-refractivity contribution is 5.91. The van der Waals surface area contributed by atoms with Gasteiger partial charge in [0.2, 0.25) is 0 Å². The van der Waals surface area contributed by atoms with Gasteiger partial charge in [0.05, 0.1) is 5.52 Å². The molecule has 5 rings (SSSR count). The van der Waals surface area contributed by atoms with E-state index in [9.17, 15) is 8.78 Å². The summed E-state index contributed by atoms with van der Waals surface area (Å²) in [5, 5.41) is 11.1. The highest BCUT2D eigenvalue weighted by Gasteiger charge is 2.22. The number of aryl methyl sites for hydroxylation is 1. The lowest BCUT2D eigenvalue weighted by Crippen LogP contribution is -2.05. The van der Waals surface area contributed by atoms with Crippen LogP contribution in [0.4, 0.5) is 20.4 Å². The summed E-state index contributed by atoms with van der Waals surface area (Å²) in [6.45, 7) is -0.581. The van der Waals surface area contributed by atoms with E-state index in [1.165, 1.54) is 12.1 Å². The predicted octanol–water partition coefficient (Wildman–Crippen LogP) is 4.86. The first kappa shape index (κ1) is 16.8. The van der Waals surface area contributed by atoms with E-state index in [0.717, 1.165) is 36.0 Å². The first-order valence-electron chi connectivity index (χ1n) is 9.17. The molecule has 1 aliphatic rings. The number of rotatable bonds is 4. The average Bonchev–Trinajstić information content (AvgIpc) is 3.35. The minimum absolute atomic E-state index is 0.331. The first-order chi connectivity index (χ1) is 13.7. The summed E-state index contributed by atoms with van der Waals surface area (Å²) in [7, 11) is 0. The molecular weight excluding hydrogens is 360 g/mol. The monoisotopic (exact) mass is 377 g/mol. The fourth-order valence-corrected chi connectivity index (χ4v) is 3.70. The van der Waals surface area contributed by atoms with E-state index in [2.05, 4.69) is 15.5 Å². The maximum Gasteiger partial charge on any atom is 0.162 e. The van der Waals surface area contributed by atoms with Crippen LogP contribution >= 0.6 is 0 Å². The molecule has 0 amide bonds. The van der Waals surface area contributed by atoms with Crippen LogP contribution in [0.15, 0.2) is 42.5 Å². The Morgan fingerprint density at radius 3 is 2.82 bits per heavy atom. The number of H-pyrrole nitrogens is 1. The van der Waals surface area contributed by atoms with E-state index in [1.807, 2.05) is 12.1 Å². The summed E-state index contributed by atoms with van der Waals surface area (Å²) in [6, 6.07) is 11.7. The smallest absolute Gasteiger partial charge is 0.162 e. The van der Waals surface area contributed by atoms with Gasteiger partial charge in [-0.25, -0.2) is 18.7 Å². The molecule has 1 aliphatic carbocycles. The second-order valence-electron chi connectivity index (χ2n) is 6.85. The van der Waals surface area contributed by atoms with Gasteiger partial charge in [-0.2, -0.15) is 5.10 Å². The summed E-state index contributed by atoms with van der Waals surface area (Å²) in [5.41, 5.74) is 3.97. The molecule has 0 atom stereocenters. The Morgan fingerprint density at radius 1 is 1.04 bits per heavy atom. The van der Waals surface area contributed by atoms with Crippen LogP contribution < -0.4 is 5.32 Å². The van der Waals surface area contributed by atoms with Gasteiger partial charge in [-0.15, -0.1) is 0 Å². The third-order valence-electron chi connectivity index (χ3n) is 5.10. The van der Waals surface area contributed by atoms with Gasteiger partial charge in [0.1, 0.15) is 18.3 Å². The van der Waals surface area contributed by atoms with Crippen molar-refractivity contribution < 1.29 is 8.78 Å². The number of aromatic nitrogens is 4. The number of alkyl halides is 1. The molecule has 5 nitrogen and oxygen atoms in total. The van der Waals surface area contributed by atoms with Crippen molar-refractivity contribution in [2.24, 2.45) is 0 Å². The van der Waals surface area contributed by atoms with Gasteiger partial charge in [0, 0.05) is 22.2 Å². The number of halogens is 2. The van der Waals surface area contributed by atoms with Gasteiger partial charge >= 0.3 is 0 Å². The molecule has 0 unspecified atom stereocenters. The van der Waals surface area contributed by atoms with Crippen molar-refractivity contribution in [3.8, 4) is 11.4 Å². The SMILES string of the molecule is FCc1ccccc1-c1nc2c(c(Nc3n[nH]c4ccc(F)cc34)n1)CCC2. The number of benzene rings is 2. The van der Waals surface area contributed by atoms with Gasteiger partial charge < -0.3 is 5.32 Å². The number of anilines is 2. The van der Waals surface area contributed by atoms with Gasteiger partial charge in [-0.3, -0.25) is 5.10 Å². The first-order valence-corrected chi connectivity index (χ1v) is 9.17. The molecule has 2 aromatic carbocycles. The number of nitrogens with one attached hydrogen (secondary N) is 2. The van der Waals surface area contributed by atoms with Crippen molar-refractivity contribution in [2.75, 3.05) is 5.32 Å². The molecule has 0 saturated heterocycles. The van der Waals surface area contributed by atoms with E-state index >= 15 is 0 Å². The highest BCUT2D eigenvalue weighted by Crippen LogP contribution is 2.33. The van der Waals surface area contributed by atoms with Crippen molar-refractivity contribution in [3.05, 3.63) is 65.1 Å². The number of hydrogen-bond donors (Lipinski definition) is 2. The molecule has 28 heavy (non-hydrogen) atoms. The summed E-state index contributed by atoms with van der Waals surface area (Å²) < 4.78 is 27.1. The topological polar surface area (TPSA) is 66.5 Å². The molecule has 0 fully saturated rings. The fraction of sp³-hybridized carbons (Fsp3) is 0.190. The molecule has 2 N–H and O–H groups in total. The second kappa shape index (κ2) is 6.67. The van der Waals surface area contributed by atoms with Crippen LogP contribution in [0.3, 0.4) is 0 Å². The lowest BCUT2D eigenvalue weighted by molar-refractivity contribution is 0.486. The molecule has 2 aromatic heterocycles. The minimum Gasteiger partial charge on any atom is -0.323 e. The van der Waals surface area contributed by atoms with Crippen LogP contribution in [0.5, 0.6) is 0 Å². The predicted molar refractivity (Wildman–Crippen MR) is 104 cm³/mol. The van der Waals surface area contributed by atoms with E-state index in [1.54, 1.807) is 18.2 Å². The molecule has 0 bridgehead atoms. The molecule has 2 heterocycles. The zero-order valence-corrected chi connectivity index (χ0v) is 15.0. The number of nitrogens with zero attached hydrogens (tertiary/aromatic N) is 3. The summed E-state index contributed by atoms with van der Waals surface area (Å²) in [5.74, 6) is 1.31. The lowest BCUT2D eigenvalue weighted by atomic mass is 10.1. The van der Waals surface area contributed by atoms with E-state index < -0.39 is 6.67 Å². The third kappa shape index (κ3) is 2.79. The Balaban J connectivity index is 1.63. The van der Waals surface area contributed by atoms with Crippen molar-refractivity contribution in [2.45, 2.75) is 25.9 Å². The molecular formula is C21H17F2N5. The number of hydrogen-bond acceptors (Lipinski definition) is 4. The highest BCUT2D eigenvalue weighted by atomic mass is 19.1. The van der Waals surface area contributed by atoms with Crippen LogP contribution in [0.2, 0.25) is 0 Å². The third-order valence-corrected chi connectivity index (χ3v) is 5.10. The quantitative estimate of drug-likeness (QED) is 0.533. The molecule has 0 spiro atoms. The van der Waals surface area contributed by atoms with E-state index in [-0.39, 0.29) is 5.82 Å². The van der Waals surface area contributed by atoms with Crippen molar-refractivity contribution in [3.63, 3.8) is 0 Å². The second-order valence-corrected chi connectivity index (χ2v) is 6.85. The van der Waals surface area contributed by atoms with E-state index in [4.69, 9.17) is 9.97 Å².